The van der Waals surface area contributed by atoms with E-state index in [0.717, 1.165) is 12.8 Å². The van der Waals surface area contributed by atoms with Crippen LogP contribution < -0.4 is 15.8 Å². The van der Waals surface area contributed by atoms with Crippen LogP contribution in [0.4, 0.5) is 8.78 Å². The van der Waals surface area contributed by atoms with Crippen molar-refractivity contribution in [1.82, 2.24) is 15.2 Å². The molecule has 11 heteroatoms. The number of fused-ring (bicyclic) bond motifs is 1. The lowest BCUT2D eigenvalue weighted by atomic mass is 9.65. The number of hydrogen-bond donors (Lipinski definition) is 3. The molecule has 204 valence electrons. The van der Waals surface area contributed by atoms with Crippen LogP contribution in [0.25, 0.3) is 10.9 Å². The van der Waals surface area contributed by atoms with Gasteiger partial charge in [-0.1, -0.05) is 12.5 Å². The second-order valence-corrected chi connectivity index (χ2v) is 11.1. The zero-order valence-corrected chi connectivity index (χ0v) is 21.2. The van der Waals surface area contributed by atoms with Gasteiger partial charge in [0.1, 0.15) is 29.3 Å². The number of Topliss-reactive ketones (excluding diaryl/α,β-unsaturated/α-hetero) is 1. The number of aromatic nitrogens is 1. The summed E-state index contributed by atoms with van der Waals surface area (Å²) >= 11 is 0. The van der Waals surface area contributed by atoms with Gasteiger partial charge in [-0.15, -0.1) is 0 Å². The number of hydrogen-bond acceptors (Lipinski definition) is 5. The lowest BCUT2D eigenvalue weighted by molar-refractivity contribution is -0.155. The Morgan fingerprint density at radius 3 is 2.68 bits per heavy atom. The number of carbonyl (C=O) groups excluding carboxylic acids is 4. The Labute approximate surface area is 218 Å². The van der Waals surface area contributed by atoms with Crippen LogP contribution in [0.3, 0.4) is 0 Å². The van der Waals surface area contributed by atoms with Crippen LogP contribution in [0.1, 0.15) is 61.9 Å². The molecule has 2 saturated carbocycles. The third kappa shape index (κ3) is 4.86. The number of alkyl halides is 2. The maximum absolute atomic E-state index is 13.9. The Kier molecular flexibility index (Phi) is 6.65. The Morgan fingerprint density at radius 1 is 1.26 bits per heavy atom. The van der Waals surface area contributed by atoms with Gasteiger partial charge < -0.3 is 25.7 Å². The molecule has 3 aliphatic rings. The molecule has 0 bridgehead atoms. The molecule has 1 spiro atoms. The molecule has 2 aromatic rings. The molecule has 1 aromatic carbocycles. The van der Waals surface area contributed by atoms with Gasteiger partial charge in [0.05, 0.1) is 7.11 Å². The molecule has 1 saturated heterocycles. The third-order valence-electron chi connectivity index (χ3n) is 8.27. The molecule has 3 amide bonds. The zero-order chi connectivity index (χ0) is 27.2. The summed E-state index contributed by atoms with van der Waals surface area (Å²) in [6.45, 7) is -0.00560. The maximum atomic E-state index is 13.9. The van der Waals surface area contributed by atoms with Crippen LogP contribution in [0.15, 0.2) is 24.3 Å². The van der Waals surface area contributed by atoms with E-state index in [1.807, 2.05) is 0 Å². The summed E-state index contributed by atoms with van der Waals surface area (Å²) in [7, 11) is 1.51. The molecule has 9 nitrogen and oxygen atoms in total. The van der Waals surface area contributed by atoms with Crippen molar-refractivity contribution in [2.45, 2.75) is 69.4 Å². The SMILES string of the molecule is COc1cccc2[nH]c(C(=O)N3CC4(CC3C(=O)N[C@@H](C[C@@H]3CCCCC3=O)C(N)=O)CC(F)(F)C4)cc12. The van der Waals surface area contributed by atoms with E-state index in [-0.39, 0.29) is 36.8 Å². The number of amides is 3. The van der Waals surface area contributed by atoms with E-state index in [1.165, 1.54) is 12.0 Å². The lowest BCUT2D eigenvalue weighted by Crippen LogP contribution is -2.53. The predicted octanol–water partition coefficient (Wildman–Crippen LogP) is 2.93. The number of halogens is 2. The standard InChI is InChI=1S/C27H32F2N4O5/c1-38-22-8-4-6-17-16(22)10-19(31-17)25(37)33-14-26(12-27(28,29)13-26)11-20(33)24(36)32-18(23(30)35)9-15-5-2-3-7-21(15)34/h4,6,8,10,15,18,20,31H,2-3,5,7,9,11-14H2,1H3,(H2,30,35)(H,32,36)/t15-,18-,20?/m0/s1. The van der Waals surface area contributed by atoms with Crippen LogP contribution in [0.2, 0.25) is 0 Å². The topological polar surface area (TPSA) is 135 Å². The van der Waals surface area contributed by atoms with Gasteiger partial charge in [0.25, 0.3) is 5.91 Å². The van der Waals surface area contributed by atoms with Crippen molar-refractivity contribution in [2.24, 2.45) is 17.1 Å². The summed E-state index contributed by atoms with van der Waals surface area (Å²) in [6, 6.07) is 4.76. The molecule has 38 heavy (non-hydrogen) atoms. The van der Waals surface area contributed by atoms with Crippen molar-refractivity contribution in [2.75, 3.05) is 13.7 Å². The fraction of sp³-hybridized carbons (Fsp3) is 0.556. The number of ketones is 1. The van der Waals surface area contributed by atoms with Crippen molar-refractivity contribution in [3.8, 4) is 5.75 Å². The number of methoxy groups -OCH3 is 1. The number of H-pyrrole nitrogens is 1. The minimum Gasteiger partial charge on any atom is -0.496 e. The van der Waals surface area contributed by atoms with Crippen LogP contribution >= 0.6 is 0 Å². The summed E-state index contributed by atoms with van der Waals surface area (Å²) in [6.07, 6.45) is 2.02. The Balaban J connectivity index is 1.39. The highest BCUT2D eigenvalue weighted by molar-refractivity contribution is 6.02. The maximum Gasteiger partial charge on any atom is 0.271 e. The first-order chi connectivity index (χ1) is 18.0. The van der Waals surface area contributed by atoms with Gasteiger partial charge in [-0.3, -0.25) is 19.2 Å². The van der Waals surface area contributed by atoms with E-state index in [0.29, 0.717) is 29.5 Å². The molecular formula is C27H32F2N4O5. The molecule has 2 aliphatic carbocycles. The van der Waals surface area contributed by atoms with Gasteiger partial charge in [-0.25, -0.2) is 8.78 Å². The molecule has 4 N–H and O–H groups in total. The molecule has 5 rings (SSSR count). The summed E-state index contributed by atoms with van der Waals surface area (Å²) in [4.78, 5) is 56.0. The van der Waals surface area contributed by atoms with E-state index in [4.69, 9.17) is 10.5 Å². The van der Waals surface area contributed by atoms with Crippen molar-refractivity contribution >= 4 is 34.4 Å². The number of primary amides is 1. The second kappa shape index (κ2) is 9.67. The summed E-state index contributed by atoms with van der Waals surface area (Å²) in [5.41, 5.74) is 5.54. The molecule has 3 fully saturated rings. The van der Waals surface area contributed by atoms with E-state index in [2.05, 4.69) is 10.3 Å². The molecule has 3 atom stereocenters. The molecular weight excluding hydrogens is 498 g/mol. The quantitative estimate of drug-likeness (QED) is 0.506. The van der Waals surface area contributed by atoms with Gasteiger partial charge >= 0.3 is 0 Å². The number of nitrogens with zero attached hydrogens (tertiary/aromatic N) is 1. The minimum atomic E-state index is -2.84. The molecule has 1 aromatic heterocycles. The van der Waals surface area contributed by atoms with Crippen LogP contribution in [-0.4, -0.2) is 65.0 Å². The fourth-order valence-corrected chi connectivity index (χ4v) is 6.48. The lowest BCUT2D eigenvalue weighted by Gasteiger charge is -2.44. The Morgan fingerprint density at radius 2 is 2.03 bits per heavy atom. The smallest absolute Gasteiger partial charge is 0.271 e. The van der Waals surface area contributed by atoms with Crippen molar-refractivity contribution < 1.29 is 32.7 Å². The van der Waals surface area contributed by atoms with Gasteiger partial charge in [0.2, 0.25) is 17.7 Å². The predicted molar refractivity (Wildman–Crippen MR) is 134 cm³/mol. The summed E-state index contributed by atoms with van der Waals surface area (Å²) in [5, 5.41) is 3.31. The van der Waals surface area contributed by atoms with Crippen LogP contribution in [0, 0.1) is 11.3 Å². The summed E-state index contributed by atoms with van der Waals surface area (Å²) < 4.78 is 33.2. The first-order valence-corrected chi connectivity index (χ1v) is 13.0. The normalized spacial score (nSPS) is 24.7. The zero-order valence-electron chi connectivity index (χ0n) is 21.2. The van der Waals surface area contributed by atoms with Crippen LogP contribution in [-0.2, 0) is 14.4 Å². The van der Waals surface area contributed by atoms with Gasteiger partial charge in [-0.2, -0.15) is 0 Å². The van der Waals surface area contributed by atoms with Gasteiger partial charge in [-0.05, 0) is 43.9 Å². The van der Waals surface area contributed by atoms with E-state index < -0.39 is 54.0 Å². The van der Waals surface area contributed by atoms with Crippen LogP contribution in [0.5, 0.6) is 5.75 Å². The first kappa shape index (κ1) is 26.1. The highest BCUT2D eigenvalue weighted by atomic mass is 19.3. The number of aromatic amines is 1. The van der Waals surface area contributed by atoms with Crippen molar-refractivity contribution in [1.29, 1.82) is 0 Å². The minimum absolute atomic E-state index is 0.00560. The Hall–Kier alpha value is -3.50. The van der Waals surface area contributed by atoms with Gasteiger partial charge in [0.15, 0.2) is 0 Å². The average Bonchev–Trinajstić information content (AvgIpc) is 3.46. The number of likely N-dealkylation sites (tertiary alicyclic amines) is 1. The van der Waals surface area contributed by atoms with Crippen molar-refractivity contribution in [3.05, 3.63) is 30.0 Å². The Bertz CT molecular complexity index is 1280. The number of nitrogens with two attached hydrogens (primary N) is 1. The molecule has 1 unspecified atom stereocenters. The fourth-order valence-electron chi connectivity index (χ4n) is 6.48. The number of carbonyl (C=O) groups is 4. The van der Waals surface area contributed by atoms with Gasteiger partial charge in [0, 0.05) is 48.0 Å². The average molecular weight is 531 g/mol. The summed E-state index contributed by atoms with van der Waals surface area (Å²) in [5.74, 6) is -4.53. The van der Waals surface area contributed by atoms with E-state index in [9.17, 15) is 28.0 Å². The third-order valence-corrected chi connectivity index (χ3v) is 8.27. The van der Waals surface area contributed by atoms with E-state index >= 15 is 0 Å². The molecule has 1 aliphatic heterocycles. The van der Waals surface area contributed by atoms with Crippen molar-refractivity contribution in [3.63, 3.8) is 0 Å². The highest BCUT2D eigenvalue weighted by Crippen LogP contribution is 2.58. The number of nitrogens with one attached hydrogen (secondary N) is 2. The molecule has 2 heterocycles. The second-order valence-electron chi connectivity index (χ2n) is 11.1. The number of ether oxygens (including phenoxy) is 1. The first-order valence-electron chi connectivity index (χ1n) is 13.0. The largest absolute Gasteiger partial charge is 0.496 e. The monoisotopic (exact) mass is 530 g/mol. The number of rotatable bonds is 7. The number of benzene rings is 1. The van der Waals surface area contributed by atoms with E-state index in [1.54, 1.807) is 24.3 Å². The molecule has 0 radical (unpaired) electrons. The highest BCUT2D eigenvalue weighted by Gasteiger charge is 2.62.